The molecule has 3 aromatic rings. The molecule has 33 heavy (non-hydrogen) atoms. The number of aromatic nitrogens is 1. The zero-order valence-corrected chi connectivity index (χ0v) is 18.1. The molecule has 1 atom stereocenters. The number of aromatic hydroxyl groups is 1. The van der Waals surface area contributed by atoms with Crippen LogP contribution < -0.4 is 14.8 Å². The van der Waals surface area contributed by atoms with Crippen LogP contribution in [0.5, 0.6) is 23.0 Å². The van der Waals surface area contributed by atoms with Gasteiger partial charge in [0.05, 0.1) is 7.11 Å². The number of ether oxygens (including phenoxy) is 3. The van der Waals surface area contributed by atoms with E-state index in [4.69, 9.17) is 14.2 Å². The Hall–Kier alpha value is -4.14. The van der Waals surface area contributed by atoms with E-state index in [-0.39, 0.29) is 17.9 Å². The number of esters is 1. The highest BCUT2D eigenvalue weighted by molar-refractivity contribution is 5.97. The van der Waals surface area contributed by atoms with Crippen molar-refractivity contribution in [2.24, 2.45) is 0 Å². The molecule has 0 radical (unpaired) electrons. The smallest absolute Gasteiger partial charge is 0.325 e. The van der Waals surface area contributed by atoms with Gasteiger partial charge in [0.15, 0.2) is 17.2 Å². The predicted octanol–water partition coefficient (Wildman–Crippen LogP) is 3.63. The molecule has 0 spiro atoms. The lowest BCUT2D eigenvalue weighted by atomic mass is 10.1. The topological polar surface area (TPSA) is 107 Å². The molecule has 172 valence electrons. The molecule has 9 heteroatoms. The first-order chi connectivity index (χ1) is 15.9. The summed E-state index contributed by atoms with van der Waals surface area (Å²) in [5, 5.41) is 12.3. The minimum Gasteiger partial charge on any atom is -0.503 e. The average molecular weight is 454 g/mol. The normalized spacial score (nSPS) is 11.4. The summed E-state index contributed by atoms with van der Waals surface area (Å²) in [7, 11) is 1.34. The number of benzene rings is 2. The van der Waals surface area contributed by atoms with E-state index in [9.17, 15) is 19.1 Å². The maximum atomic E-state index is 13.8. The molecule has 8 nitrogen and oxygen atoms in total. The van der Waals surface area contributed by atoms with Crippen molar-refractivity contribution >= 4 is 11.9 Å². The van der Waals surface area contributed by atoms with Crippen molar-refractivity contribution in [3.8, 4) is 23.0 Å². The SMILES string of the molecule is COc1ccnc(C(=O)NCC(=O)OC(C)Cc2ccc(F)cc2Oc2ccccc2)c1O. The van der Waals surface area contributed by atoms with Gasteiger partial charge in [-0.2, -0.15) is 0 Å². The molecule has 0 bridgehead atoms. The van der Waals surface area contributed by atoms with E-state index in [0.717, 1.165) is 0 Å². The summed E-state index contributed by atoms with van der Waals surface area (Å²) in [6.07, 6.45) is 0.979. The van der Waals surface area contributed by atoms with E-state index in [0.29, 0.717) is 17.1 Å². The zero-order valence-electron chi connectivity index (χ0n) is 18.1. The van der Waals surface area contributed by atoms with Crippen LogP contribution in [0.1, 0.15) is 23.0 Å². The molecule has 0 aliphatic rings. The minimum absolute atomic E-state index is 0.0826. The third kappa shape index (κ3) is 6.42. The Morgan fingerprint density at radius 3 is 2.61 bits per heavy atom. The van der Waals surface area contributed by atoms with Gasteiger partial charge >= 0.3 is 5.97 Å². The number of pyridine rings is 1. The quantitative estimate of drug-likeness (QED) is 0.476. The van der Waals surface area contributed by atoms with Crippen LogP contribution in [0.25, 0.3) is 0 Å². The molecule has 0 saturated carbocycles. The third-order valence-corrected chi connectivity index (χ3v) is 4.56. The monoisotopic (exact) mass is 454 g/mol. The summed E-state index contributed by atoms with van der Waals surface area (Å²) in [5.74, 6) is -1.38. The van der Waals surface area contributed by atoms with Gasteiger partial charge in [0, 0.05) is 24.8 Å². The van der Waals surface area contributed by atoms with Crippen LogP contribution in [-0.4, -0.2) is 41.7 Å². The molecule has 2 N–H and O–H groups in total. The molecule has 3 rings (SSSR count). The number of para-hydroxylation sites is 1. The largest absolute Gasteiger partial charge is 0.503 e. The number of nitrogens with one attached hydrogen (secondary N) is 1. The molecule has 1 amide bonds. The Morgan fingerprint density at radius 2 is 1.88 bits per heavy atom. The summed E-state index contributed by atoms with van der Waals surface area (Å²) < 4.78 is 29.8. The fourth-order valence-electron chi connectivity index (χ4n) is 3.03. The van der Waals surface area contributed by atoms with Gasteiger partial charge in [-0.3, -0.25) is 9.59 Å². The van der Waals surface area contributed by atoms with Crippen LogP contribution in [0.3, 0.4) is 0 Å². The first-order valence-corrected chi connectivity index (χ1v) is 10.1. The predicted molar refractivity (Wildman–Crippen MR) is 117 cm³/mol. The van der Waals surface area contributed by atoms with Gasteiger partial charge in [-0.25, -0.2) is 9.37 Å². The van der Waals surface area contributed by atoms with Crippen LogP contribution in [0.2, 0.25) is 0 Å². The summed E-state index contributed by atoms with van der Waals surface area (Å²) in [5.41, 5.74) is 0.374. The minimum atomic E-state index is -0.756. The van der Waals surface area contributed by atoms with Gasteiger partial charge < -0.3 is 24.6 Å². The van der Waals surface area contributed by atoms with Crippen molar-refractivity contribution in [2.45, 2.75) is 19.4 Å². The number of amides is 1. The average Bonchev–Trinajstić information content (AvgIpc) is 2.80. The Kier molecular flexibility index (Phi) is 7.80. The van der Waals surface area contributed by atoms with E-state index in [1.165, 1.54) is 31.5 Å². The lowest BCUT2D eigenvalue weighted by Crippen LogP contribution is -2.33. The highest BCUT2D eigenvalue weighted by Crippen LogP contribution is 2.28. The second-order valence-corrected chi connectivity index (χ2v) is 7.06. The summed E-state index contributed by atoms with van der Waals surface area (Å²) in [6.45, 7) is 1.24. The van der Waals surface area contributed by atoms with E-state index in [1.54, 1.807) is 37.3 Å². The van der Waals surface area contributed by atoms with Crippen LogP contribution >= 0.6 is 0 Å². The van der Waals surface area contributed by atoms with Gasteiger partial charge in [0.25, 0.3) is 5.91 Å². The number of halogens is 1. The van der Waals surface area contributed by atoms with E-state index >= 15 is 0 Å². The Bertz CT molecular complexity index is 1120. The van der Waals surface area contributed by atoms with Crippen molar-refractivity contribution in [2.75, 3.05) is 13.7 Å². The molecule has 0 aliphatic heterocycles. The maximum Gasteiger partial charge on any atom is 0.325 e. The van der Waals surface area contributed by atoms with Crippen molar-refractivity contribution in [3.05, 3.63) is 77.9 Å². The second-order valence-electron chi connectivity index (χ2n) is 7.06. The first kappa shape index (κ1) is 23.5. The molecular weight excluding hydrogens is 431 g/mol. The molecule has 2 aromatic carbocycles. The lowest BCUT2D eigenvalue weighted by molar-refractivity contribution is -0.146. The Labute approximate surface area is 189 Å². The number of carbonyl (C=O) groups is 2. The van der Waals surface area contributed by atoms with Gasteiger partial charge in [-0.15, -0.1) is 0 Å². The number of carbonyl (C=O) groups excluding carboxylic acids is 2. The van der Waals surface area contributed by atoms with Gasteiger partial charge in [-0.1, -0.05) is 24.3 Å². The number of nitrogens with zero attached hydrogens (tertiary/aromatic N) is 1. The van der Waals surface area contributed by atoms with Gasteiger partial charge in [0.1, 0.15) is 30.0 Å². The molecule has 0 saturated heterocycles. The second kappa shape index (κ2) is 10.9. The van der Waals surface area contributed by atoms with Crippen molar-refractivity contribution in [1.82, 2.24) is 10.3 Å². The van der Waals surface area contributed by atoms with E-state index < -0.39 is 36.1 Å². The number of methoxy groups -OCH3 is 1. The zero-order chi connectivity index (χ0) is 23.8. The van der Waals surface area contributed by atoms with Gasteiger partial charge in [-0.05, 0) is 30.7 Å². The summed E-state index contributed by atoms with van der Waals surface area (Å²) in [4.78, 5) is 28.2. The van der Waals surface area contributed by atoms with Crippen molar-refractivity contribution < 1.29 is 33.3 Å². The number of hydrogen-bond donors (Lipinski definition) is 2. The molecule has 1 aromatic heterocycles. The Balaban J connectivity index is 1.57. The number of hydrogen-bond acceptors (Lipinski definition) is 7. The van der Waals surface area contributed by atoms with Crippen LogP contribution in [0, 0.1) is 5.82 Å². The van der Waals surface area contributed by atoms with Crippen molar-refractivity contribution in [1.29, 1.82) is 0 Å². The van der Waals surface area contributed by atoms with Gasteiger partial charge in [0.2, 0.25) is 0 Å². The lowest BCUT2D eigenvalue weighted by Gasteiger charge is -2.16. The number of rotatable bonds is 9. The van der Waals surface area contributed by atoms with Crippen LogP contribution in [0.15, 0.2) is 60.8 Å². The molecule has 0 fully saturated rings. The highest BCUT2D eigenvalue weighted by Gasteiger charge is 2.19. The maximum absolute atomic E-state index is 13.8. The first-order valence-electron chi connectivity index (χ1n) is 10.1. The third-order valence-electron chi connectivity index (χ3n) is 4.56. The summed E-state index contributed by atoms with van der Waals surface area (Å²) in [6, 6.07) is 14.5. The van der Waals surface area contributed by atoms with E-state index in [2.05, 4.69) is 10.3 Å². The molecule has 1 heterocycles. The molecule has 0 aliphatic carbocycles. The standard InChI is InChI=1S/C24H23FN2O6/c1-15(12-16-8-9-17(25)13-20(16)33-18-6-4-3-5-7-18)32-21(28)14-27-24(30)22-23(29)19(31-2)10-11-26-22/h3-11,13,15,29H,12,14H2,1-2H3,(H,27,30). The summed E-state index contributed by atoms with van der Waals surface area (Å²) >= 11 is 0. The van der Waals surface area contributed by atoms with E-state index in [1.807, 2.05) is 6.07 Å². The van der Waals surface area contributed by atoms with Crippen LogP contribution in [0.4, 0.5) is 4.39 Å². The molecular formula is C24H23FN2O6. The van der Waals surface area contributed by atoms with Crippen LogP contribution in [-0.2, 0) is 16.0 Å². The molecule has 1 unspecified atom stereocenters. The Morgan fingerprint density at radius 1 is 1.12 bits per heavy atom. The highest BCUT2D eigenvalue weighted by atomic mass is 19.1. The fraction of sp³-hybridized carbons (Fsp3) is 0.208. The van der Waals surface area contributed by atoms with Crippen molar-refractivity contribution in [3.63, 3.8) is 0 Å². The fourth-order valence-corrected chi connectivity index (χ4v) is 3.03.